The van der Waals surface area contributed by atoms with Gasteiger partial charge in [0, 0.05) is 37.1 Å². The topological polar surface area (TPSA) is 82.9 Å². The Morgan fingerprint density at radius 3 is 2.53 bits per heavy atom. The van der Waals surface area contributed by atoms with Gasteiger partial charge in [-0.1, -0.05) is 30.2 Å². The molecule has 1 saturated heterocycles. The second-order valence-electron chi connectivity index (χ2n) is 9.88. The van der Waals surface area contributed by atoms with Crippen molar-refractivity contribution in [3.63, 3.8) is 0 Å². The predicted octanol–water partition coefficient (Wildman–Crippen LogP) is 4.55. The molecule has 0 atom stereocenters. The van der Waals surface area contributed by atoms with Crippen molar-refractivity contribution in [1.29, 1.82) is 0 Å². The van der Waals surface area contributed by atoms with Crippen LogP contribution in [0.25, 0.3) is 33.6 Å². The number of likely N-dealkylation sites (N-methyl/N-ethyl adjacent to an activating group) is 1. The van der Waals surface area contributed by atoms with Gasteiger partial charge >= 0.3 is 0 Å². The number of benzene rings is 2. The third-order valence-corrected chi connectivity index (χ3v) is 7.35. The summed E-state index contributed by atoms with van der Waals surface area (Å²) in [6, 6.07) is 14.1. The number of hydrogen-bond acceptors (Lipinski definition) is 5. The first kappa shape index (κ1) is 22.7. The molecule has 0 saturated carbocycles. The summed E-state index contributed by atoms with van der Waals surface area (Å²) in [5.74, 6) is 0.112. The summed E-state index contributed by atoms with van der Waals surface area (Å²) in [4.78, 5) is 17.2. The first-order valence-electron chi connectivity index (χ1n) is 12.8. The fourth-order valence-electron chi connectivity index (χ4n) is 5.15. The van der Waals surface area contributed by atoms with Gasteiger partial charge in [0.05, 0.1) is 17.4 Å². The van der Waals surface area contributed by atoms with Crippen LogP contribution in [0.1, 0.15) is 48.0 Å². The Bertz CT molecular complexity index is 1410. The Hall–Kier alpha value is -3.78. The molecule has 0 spiro atoms. The monoisotopic (exact) mass is 481 g/mol. The van der Waals surface area contributed by atoms with E-state index in [1.165, 1.54) is 24.0 Å². The van der Waals surface area contributed by atoms with Crippen LogP contribution in [0.3, 0.4) is 0 Å². The van der Waals surface area contributed by atoms with Crippen molar-refractivity contribution in [2.24, 2.45) is 0 Å². The number of aromatic amines is 1. The summed E-state index contributed by atoms with van der Waals surface area (Å²) < 4.78 is 1.74. The number of rotatable bonds is 4. The van der Waals surface area contributed by atoms with E-state index in [9.17, 15) is 4.79 Å². The molecule has 6 rings (SSSR count). The van der Waals surface area contributed by atoms with Gasteiger partial charge in [-0.05, 0) is 73.8 Å². The summed E-state index contributed by atoms with van der Waals surface area (Å²) in [5, 5.41) is 17.5. The highest BCUT2D eigenvalue weighted by molar-refractivity contribution is 5.95. The van der Waals surface area contributed by atoms with Crippen LogP contribution in [0, 0.1) is 0 Å². The molecule has 184 valence electrons. The smallest absolute Gasteiger partial charge is 0.253 e. The molecule has 0 unspecified atom stereocenters. The van der Waals surface area contributed by atoms with E-state index in [4.69, 9.17) is 0 Å². The number of nitrogens with one attached hydrogen (secondary N) is 1. The molecule has 2 aliphatic heterocycles. The number of H-pyrrole nitrogens is 1. The molecule has 4 aromatic rings. The molecule has 2 aliphatic rings. The van der Waals surface area contributed by atoms with E-state index in [0.717, 1.165) is 73.3 Å². The van der Waals surface area contributed by atoms with Gasteiger partial charge in [-0.15, -0.1) is 5.10 Å². The number of carbonyl (C=O) groups excluding carboxylic acids is 1. The van der Waals surface area contributed by atoms with E-state index >= 15 is 0 Å². The zero-order valence-electron chi connectivity index (χ0n) is 20.7. The van der Waals surface area contributed by atoms with Crippen LogP contribution >= 0.6 is 0 Å². The quantitative estimate of drug-likeness (QED) is 0.463. The van der Waals surface area contributed by atoms with Crippen molar-refractivity contribution in [1.82, 2.24) is 35.0 Å². The Morgan fingerprint density at radius 2 is 1.78 bits per heavy atom. The van der Waals surface area contributed by atoms with Gasteiger partial charge in [0.15, 0.2) is 0 Å². The molecular formula is C28H31N7O. The largest absolute Gasteiger partial charge is 0.339 e. The van der Waals surface area contributed by atoms with E-state index in [0.29, 0.717) is 5.69 Å². The van der Waals surface area contributed by atoms with Gasteiger partial charge in [-0.3, -0.25) is 9.89 Å². The maximum absolute atomic E-state index is 12.9. The highest BCUT2D eigenvalue weighted by atomic mass is 16.2. The van der Waals surface area contributed by atoms with Crippen LogP contribution in [0.2, 0.25) is 0 Å². The first-order chi connectivity index (χ1) is 17.7. The zero-order chi connectivity index (χ0) is 24.5. The van der Waals surface area contributed by atoms with Crippen LogP contribution in [0.5, 0.6) is 0 Å². The molecule has 0 radical (unpaired) electrons. The fourth-order valence-corrected chi connectivity index (χ4v) is 5.15. The van der Waals surface area contributed by atoms with Crippen molar-refractivity contribution >= 4 is 22.4 Å². The summed E-state index contributed by atoms with van der Waals surface area (Å²) >= 11 is 0. The number of hydrogen-bond donors (Lipinski definition) is 1. The molecule has 4 heterocycles. The highest BCUT2D eigenvalue weighted by Crippen LogP contribution is 2.30. The maximum atomic E-state index is 12.9. The summed E-state index contributed by atoms with van der Waals surface area (Å²) in [6.07, 6.45) is 9.83. The Balaban J connectivity index is 1.24. The molecule has 1 fully saturated rings. The number of fused-ring (bicyclic) bond motifs is 1. The summed E-state index contributed by atoms with van der Waals surface area (Å²) in [5.41, 5.74) is 6.66. The number of aromatic nitrogens is 5. The first-order valence-corrected chi connectivity index (χ1v) is 12.8. The molecular weight excluding hydrogens is 450 g/mol. The molecule has 0 aliphatic carbocycles. The lowest BCUT2D eigenvalue weighted by molar-refractivity contribution is 0.0761. The fraction of sp³-hybridized carbons (Fsp3) is 0.357. The Kier molecular flexibility index (Phi) is 6.11. The van der Waals surface area contributed by atoms with E-state index in [1.807, 2.05) is 35.4 Å². The number of nitrogens with zero attached hydrogens (tertiary/aromatic N) is 6. The van der Waals surface area contributed by atoms with Crippen molar-refractivity contribution in [3.8, 4) is 17.1 Å². The molecule has 1 amide bonds. The standard InChI is InChI=1S/C28H31N7O/c1-33-16-12-20(13-17-33)22-8-11-25-24(18-22)27(31-29-25)26-19-35(32-30-26)23-9-6-21(7-10-23)28(36)34-14-4-2-3-5-15-34/h6-12,18-19H,2-5,13-17H2,1H3,(H,29,31). The van der Waals surface area contributed by atoms with Gasteiger partial charge in [0.25, 0.3) is 5.91 Å². The molecule has 2 aromatic heterocycles. The van der Waals surface area contributed by atoms with Gasteiger partial charge < -0.3 is 9.80 Å². The van der Waals surface area contributed by atoms with E-state index in [1.54, 1.807) is 4.68 Å². The van der Waals surface area contributed by atoms with Crippen molar-refractivity contribution < 1.29 is 4.79 Å². The minimum Gasteiger partial charge on any atom is -0.339 e. The van der Waals surface area contributed by atoms with Crippen LogP contribution in [0.4, 0.5) is 0 Å². The molecule has 0 bridgehead atoms. The van der Waals surface area contributed by atoms with E-state index in [-0.39, 0.29) is 5.91 Å². The summed E-state index contributed by atoms with van der Waals surface area (Å²) in [6.45, 7) is 3.74. The normalized spacial score (nSPS) is 17.2. The van der Waals surface area contributed by atoms with Gasteiger partial charge in [-0.25, -0.2) is 4.68 Å². The van der Waals surface area contributed by atoms with Crippen LogP contribution in [-0.2, 0) is 0 Å². The Labute approximate surface area is 210 Å². The third-order valence-electron chi connectivity index (χ3n) is 7.35. The van der Waals surface area contributed by atoms with Crippen LogP contribution < -0.4 is 0 Å². The minimum absolute atomic E-state index is 0.112. The predicted molar refractivity (Wildman–Crippen MR) is 141 cm³/mol. The molecule has 8 heteroatoms. The molecule has 1 N–H and O–H groups in total. The SMILES string of the molecule is CN1CC=C(c2ccc3[nH]nc(-c4cn(-c5ccc(C(=O)N6CCCCCC6)cc5)nn4)c3c2)CC1. The van der Waals surface area contributed by atoms with E-state index in [2.05, 4.69) is 56.7 Å². The average molecular weight is 482 g/mol. The van der Waals surface area contributed by atoms with Crippen molar-refractivity contribution in [2.45, 2.75) is 32.1 Å². The van der Waals surface area contributed by atoms with E-state index < -0.39 is 0 Å². The van der Waals surface area contributed by atoms with Gasteiger partial charge in [0.2, 0.25) is 0 Å². The average Bonchev–Trinajstić information content (AvgIpc) is 3.48. The highest BCUT2D eigenvalue weighted by Gasteiger charge is 2.18. The molecule has 8 nitrogen and oxygen atoms in total. The third kappa shape index (κ3) is 4.44. The number of amides is 1. The minimum atomic E-state index is 0.112. The van der Waals surface area contributed by atoms with Crippen molar-refractivity contribution in [3.05, 3.63) is 65.9 Å². The molecule has 2 aromatic carbocycles. The van der Waals surface area contributed by atoms with Gasteiger partial charge in [-0.2, -0.15) is 5.10 Å². The zero-order valence-corrected chi connectivity index (χ0v) is 20.7. The Morgan fingerprint density at radius 1 is 0.972 bits per heavy atom. The maximum Gasteiger partial charge on any atom is 0.253 e. The lowest BCUT2D eigenvalue weighted by Crippen LogP contribution is -2.31. The second kappa shape index (κ2) is 9.70. The van der Waals surface area contributed by atoms with Gasteiger partial charge in [0.1, 0.15) is 11.4 Å². The lowest BCUT2D eigenvalue weighted by Gasteiger charge is -2.22. The van der Waals surface area contributed by atoms with Crippen LogP contribution in [0.15, 0.2) is 54.7 Å². The second-order valence-corrected chi connectivity index (χ2v) is 9.88. The number of carbonyl (C=O) groups is 1. The lowest BCUT2D eigenvalue weighted by atomic mass is 9.98. The van der Waals surface area contributed by atoms with Crippen LogP contribution in [-0.4, -0.2) is 74.1 Å². The summed E-state index contributed by atoms with van der Waals surface area (Å²) in [7, 11) is 2.15. The molecule has 36 heavy (non-hydrogen) atoms. The van der Waals surface area contributed by atoms with Crippen molar-refractivity contribution in [2.75, 3.05) is 33.2 Å². The number of likely N-dealkylation sites (tertiary alicyclic amines) is 1.